The lowest BCUT2D eigenvalue weighted by molar-refractivity contribution is 0.634. The highest BCUT2D eigenvalue weighted by Gasteiger charge is 2.18. The van der Waals surface area contributed by atoms with Crippen LogP contribution in [0.15, 0.2) is 42.5 Å². The minimum atomic E-state index is 0.578. The molecule has 3 rings (SSSR count). The van der Waals surface area contributed by atoms with Crippen LogP contribution in [0, 0.1) is 0 Å². The van der Waals surface area contributed by atoms with Gasteiger partial charge in [-0.2, -0.15) is 0 Å². The fourth-order valence-electron chi connectivity index (χ4n) is 2.95. The Hall–Kier alpha value is -1.60. The molecule has 0 heterocycles. The van der Waals surface area contributed by atoms with Gasteiger partial charge in [0.15, 0.2) is 0 Å². The molecule has 1 aliphatic carbocycles. The van der Waals surface area contributed by atoms with E-state index in [0.717, 1.165) is 19.5 Å². The molecular formula is C18H21N. The smallest absolute Gasteiger partial charge is 0.00173 e. The quantitative estimate of drug-likeness (QED) is 0.740. The molecule has 1 heteroatoms. The predicted octanol–water partition coefficient (Wildman–Crippen LogP) is 3.97. The lowest BCUT2D eigenvalue weighted by Gasteiger charge is -2.13. The van der Waals surface area contributed by atoms with Crippen molar-refractivity contribution in [1.29, 1.82) is 0 Å². The highest BCUT2D eigenvalue weighted by molar-refractivity contribution is 5.76. The van der Waals surface area contributed by atoms with Crippen molar-refractivity contribution in [3.63, 3.8) is 0 Å². The van der Waals surface area contributed by atoms with Gasteiger partial charge >= 0.3 is 0 Å². The maximum Gasteiger partial charge on any atom is 0.00173 e. The summed E-state index contributed by atoms with van der Waals surface area (Å²) < 4.78 is 0. The van der Waals surface area contributed by atoms with Gasteiger partial charge in [-0.3, -0.25) is 0 Å². The molecule has 0 saturated carbocycles. The van der Waals surface area contributed by atoms with Crippen molar-refractivity contribution >= 4 is 0 Å². The second-order valence-corrected chi connectivity index (χ2v) is 5.46. The molecule has 1 N–H and O–H groups in total. The Morgan fingerprint density at radius 2 is 1.84 bits per heavy atom. The molecule has 0 spiro atoms. The Balaban J connectivity index is 1.89. The molecule has 1 nitrogen and oxygen atoms in total. The van der Waals surface area contributed by atoms with Crippen molar-refractivity contribution in [2.24, 2.45) is 0 Å². The highest BCUT2D eigenvalue weighted by atomic mass is 14.8. The van der Waals surface area contributed by atoms with E-state index in [1.54, 1.807) is 0 Å². The third-order valence-electron chi connectivity index (χ3n) is 4.09. The van der Waals surface area contributed by atoms with Gasteiger partial charge in [0.1, 0.15) is 0 Å². The fourth-order valence-corrected chi connectivity index (χ4v) is 2.95. The van der Waals surface area contributed by atoms with Crippen molar-refractivity contribution in [1.82, 2.24) is 5.32 Å². The monoisotopic (exact) mass is 251 g/mol. The lowest BCUT2D eigenvalue weighted by atomic mass is 9.96. The van der Waals surface area contributed by atoms with Crippen LogP contribution in [0.5, 0.6) is 0 Å². The largest absolute Gasteiger partial charge is 0.316 e. The van der Waals surface area contributed by atoms with Crippen LogP contribution in [0.1, 0.15) is 36.5 Å². The van der Waals surface area contributed by atoms with E-state index in [4.69, 9.17) is 0 Å². The van der Waals surface area contributed by atoms with Crippen LogP contribution in [-0.2, 0) is 6.42 Å². The van der Waals surface area contributed by atoms with Crippen molar-refractivity contribution in [3.05, 3.63) is 59.2 Å². The third kappa shape index (κ3) is 2.31. The fraction of sp³-hybridized carbons (Fsp3) is 0.333. The number of hydrogen-bond acceptors (Lipinski definition) is 1. The van der Waals surface area contributed by atoms with Crippen LogP contribution < -0.4 is 5.32 Å². The van der Waals surface area contributed by atoms with Gasteiger partial charge in [0.2, 0.25) is 0 Å². The normalized spacial score (nSPS) is 14.0. The first-order valence-corrected chi connectivity index (χ1v) is 7.21. The van der Waals surface area contributed by atoms with Crippen LogP contribution in [0.2, 0.25) is 0 Å². The third-order valence-corrected chi connectivity index (χ3v) is 4.09. The molecule has 0 aliphatic heterocycles. The van der Waals surface area contributed by atoms with E-state index in [9.17, 15) is 0 Å². The van der Waals surface area contributed by atoms with Crippen LogP contribution in [0.25, 0.3) is 11.1 Å². The zero-order valence-corrected chi connectivity index (χ0v) is 11.7. The van der Waals surface area contributed by atoms with E-state index in [0.29, 0.717) is 5.92 Å². The summed E-state index contributed by atoms with van der Waals surface area (Å²) in [6.45, 7) is 6.56. The average Bonchev–Trinajstić information content (AvgIpc) is 2.82. The Bertz CT molecular complexity index is 586. The van der Waals surface area contributed by atoms with Crippen molar-refractivity contribution in [2.45, 2.75) is 26.2 Å². The number of rotatable bonds is 4. The Morgan fingerprint density at radius 1 is 1.05 bits per heavy atom. The Kier molecular flexibility index (Phi) is 3.39. The summed E-state index contributed by atoms with van der Waals surface area (Å²) in [6, 6.07) is 15.8. The molecule has 0 radical (unpaired) electrons. The van der Waals surface area contributed by atoms with Crippen molar-refractivity contribution in [3.8, 4) is 11.1 Å². The topological polar surface area (TPSA) is 12.0 Å². The number of nitrogens with one attached hydrogen (secondary N) is 1. The molecule has 98 valence electrons. The Labute approximate surface area is 115 Å². The number of likely N-dealkylation sites (N-methyl/N-ethyl adjacent to an activating group) is 1. The minimum Gasteiger partial charge on any atom is -0.316 e. The van der Waals surface area contributed by atoms with E-state index in [2.05, 4.69) is 61.6 Å². The molecule has 0 amide bonds. The predicted molar refractivity (Wildman–Crippen MR) is 81.6 cm³/mol. The first kappa shape index (κ1) is 12.4. The van der Waals surface area contributed by atoms with Gasteiger partial charge in [-0.05, 0) is 46.7 Å². The van der Waals surface area contributed by atoms with Crippen LogP contribution in [0.3, 0.4) is 0 Å². The molecule has 1 atom stereocenters. The van der Waals surface area contributed by atoms with Gasteiger partial charge < -0.3 is 5.32 Å². The van der Waals surface area contributed by atoms with E-state index < -0.39 is 0 Å². The molecule has 19 heavy (non-hydrogen) atoms. The van der Waals surface area contributed by atoms with E-state index in [-0.39, 0.29) is 0 Å². The zero-order valence-electron chi connectivity index (χ0n) is 11.7. The van der Waals surface area contributed by atoms with Gasteiger partial charge in [-0.15, -0.1) is 0 Å². The van der Waals surface area contributed by atoms with E-state index in [1.807, 2.05) is 0 Å². The highest BCUT2D eigenvalue weighted by Crippen LogP contribution is 2.37. The van der Waals surface area contributed by atoms with Crippen molar-refractivity contribution in [2.75, 3.05) is 13.1 Å². The molecule has 2 aromatic rings. The number of benzene rings is 2. The van der Waals surface area contributed by atoms with Crippen LogP contribution >= 0.6 is 0 Å². The summed E-state index contributed by atoms with van der Waals surface area (Å²) in [4.78, 5) is 0. The standard InChI is InChI=1S/C18H21N/c1-3-19-12-13(2)14-8-9-18-16(10-14)11-15-6-4-5-7-17(15)18/h4-10,13,19H,3,11-12H2,1-2H3. The first-order chi connectivity index (χ1) is 9.29. The summed E-state index contributed by atoms with van der Waals surface area (Å²) in [6.07, 6.45) is 1.09. The molecular weight excluding hydrogens is 230 g/mol. The van der Waals surface area contributed by atoms with Crippen LogP contribution in [-0.4, -0.2) is 13.1 Å². The summed E-state index contributed by atoms with van der Waals surface area (Å²) in [5.74, 6) is 0.578. The second-order valence-electron chi connectivity index (χ2n) is 5.46. The Morgan fingerprint density at radius 3 is 2.68 bits per heavy atom. The van der Waals surface area contributed by atoms with Gasteiger partial charge in [-0.25, -0.2) is 0 Å². The molecule has 0 saturated heterocycles. The van der Waals surface area contributed by atoms with Crippen LogP contribution in [0.4, 0.5) is 0 Å². The van der Waals surface area contributed by atoms with Crippen molar-refractivity contribution < 1.29 is 0 Å². The number of fused-ring (bicyclic) bond motifs is 3. The SMILES string of the molecule is CCNCC(C)c1ccc2c(c1)Cc1ccccc1-2. The summed E-state index contributed by atoms with van der Waals surface area (Å²) in [5.41, 5.74) is 7.25. The molecule has 0 aromatic heterocycles. The first-order valence-electron chi connectivity index (χ1n) is 7.21. The maximum atomic E-state index is 3.43. The molecule has 0 fully saturated rings. The summed E-state index contributed by atoms with van der Waals surface area (Å²) in [5, 5.41) is 3.43. The molecule has 2 aromatic carbocycles. The van der Waals surface area contributed by atoms with Gasteiger partial charge in [0.25, 0.3) is 0 Å². The summed E-state index contributed by atoms with van der Waals surface area (Å²) in [7, 11) is 0. The van der Waals surface area contributed by atoms with E-state index in [1.165, 1.54) is 27.8 Å². The molecule has 0 bridgehead atoms. The van der Waals surface area contributed by atoms with E-state index >= 15 is 0 Å². The average molecular weight is 251 g/mol. The maximum absolute atomic E-state index is 3.43. The minimum absolute atomic E-state index is 0.578. The van der Waals surface area contributed by atoms with Gasteiger partial charge in [0, 0.05) is 6.54 Å². The lowest BCUT2D eigenvalue weighted by Crippen LogP contribution is -2.19. The second kappa shape index (κ2) is 5.18. The molecule has 1 aliphatic rings. The summed E-state index contributed by atoms with van der Waals surface area (Å²) >= 11 is 0. The van der Waals surface area contributed by atoms with Gasteiger partial charge in [0.05, 0.1) is 0 Å². The number of hydrogen-bond donors (Lipinski definition) is 1. The molecule has 1 unspecified atom stereocenters. The van der Waals surface area contributed by atoms with Gasteiger partial charge in [-0.1, -0.05) is 56.3 Å². The zero-order chi connectivity index (χ0) is 13.2.